The van der Waals surface area contributed by atoms with E-state index in [0.29, 0.717) is 5.02 Å². The van der Waals surface area contributed by atoms with Gasteiger partial charge in [0.05, 0.1) is 11.9 Å². The number of aromatic nitrogens is 3. The number of nitrogens with zero attached hydrogens (tertiary/aromatic N) is 4. The third kappa shape index (κ3) is 2.58. The number of rotatable bonds is 4. The molecule has 0 unspecified atom stereocenters. The van der Waals surface area contributed by atoms with Crippen LogP contribution in [0.3, 0.4) is 0 Å². The van der Waals surface area contributed by atoms with Crippen LogP contribution in [0.25, 0.3) is 5.69 Å². The topological polar surface area (TPSA) is 34.0 Å². The Morgan fingerprint density at radius 1 is 1.29 bits per heavy atom. The molecule has 1 aromatic carbocycles. The molecule has 2 rings (SSSR count). The van der Waals surface area contributed by atoms with E-state index in [1.54, 1.807) is 11.0 Å². The molecule has 17 heavy (non-hydrogen) atoms. The van der Waals surface area contributed by atoms with Gasteiger partial charge in [-0.25, -0.2) is 0 Å². The highest BCUT2D eigenvalue weighted by molar-refractivity contribution is 6.30. The van der Waals surface area contributed by atoms with Crippen LogP contribution in [-0.2, 0) is 0 Å². The van der Waals surface area contributed by atoms with Crippen LogP contribution in [0.4, 0.5) is 5.82 Å². The van der Waals surface area contributed by atoms with Crippen molar-refractivity contribution in [3.63, 3.8) is 0 Å². The quantitative estimate of drug-likeness (QED) is 0.837. The Bertz CT molecular complexity index is 491. The van der Waals surface area contributed by atoms with Gasteiger partial charge in [-0.3, -0.25) is 0 Å². The van der Waals surface area contributed by atoms with E-state index in [1.165, 1.54) is 0 Å². The molecule has 0 aliphatic heterocycles. The van der Waals surface area contributed by atoms with Crippen LogP contribution in [-0.4, -0.2) is 28.1 Å². The van der Waals surface area contributed by atoms with Gasteiger partial charge in [0.2, 0.25) is 0 Å². The van der Waals surface area contributed by atoms with E-state index in [2.05, 4.69) is 28.9 Å². The van der Waals surface area contributed by atoms with Crippen molar-refractivity contribution in [3.8, 4) is 5.69 Å². The predicted molar refractivity (Wildman–Crippen MR) is 69.9 cm³/mol. The van der Waals surface area contributed by atoms with Crippen molar-refractivity contribution in [3.05, 3.63) is 35.5 Å². The lowest BCUT2D eigenvalue weighted by molar-refractivity contribution is 0.739. The Labute approximate surface area is 106 Å². The number of halogens is 1. The molecule has 0 atom stereocenters. The Kier molecular flexibility index (Phi) is 3.64. The summed E-state index contributed by atoms with van der Waals surface area (Å²) in [6, 6.07) is 7.49. The van der Waals surface area contributed by atoms with E-state index in [0.717, 1.165) is 24.6 Å². The fourth-order valence-electron chi connectivity index (χ4n) is 1.67. The zero-order chi connectivity index (χ0) is 12.3. The molecule has 0 aliphatic carbocycles. The lowest BCUT2D eigenvalue weighted by Crippen LogP contribution is -2.22. The maximum Gasteiger partial charge on any atom is 0.171 e. The van der Waals surface area contributed by atoms with E-state index >= 15 is 0 Å². The molecule has 0 bridgehead atoms. The predicted octanol–water partition coefficient (Wildman–Crippen LogP) is 2.77. The average molecular weight is 251 g/mol. The Morgan fingerprint density at radius 2 is 2.06 bits per heavy atom. The van der Waals surface area contributed by atoms with Gasteiger partial charge in [0.25, 0.3) is 0 Å². The largest absolute Gasteiger partial charge is 0.354 e. The van der Waals surface area contributed by atoms with Crippen LogP contribution in [0, 0.1) is 0 Å². The van der Waals surface area contributed by atoms with Gasteiger partial charge in [-0.05, 0) is 32.0 Å². The summed E-state index contributed by atoms with van der Waals surface area (Å²) in [5, 5.41) is 9.37. The first-order valence-corrected chi connectivity index (χ1v) is 6.05. The average Bonchev–Trinajstić information content (AvgIpc) is 2.80. The van der Waals surface area contributed by atoms with Crippen LogP contribution in [0.1, 0.15) is 13.8 Å². The molecule has 0 fully saturated rings. The summed E-state index contributed by atoms with van der Waals surface area (Å²) in [6.07, 6.45) is 1.77. The van der Waals surface area contributed by atoms with Crippen molar-refractivity contribution < 1.29 is 0 Å². The number of anilines is 1. The Balaban J connectivity index is 2.29. The molecule has 1 heterocycles. The Hall–Kier alpha value is -1.55. The summed E-state index contributed by atoms with van der Waals surface area (Å²) in [5.41, 5.74) is 0.871. The second-order valence-corrected chi connectivity index (χ2v) is 4.08. The van der Waals surface area contributed by atoms with E-state index in [9.17, 15) is 0 Å². The number of benzene rings is 1. The molecule has 90 valence electrons. The fraction of sp³-hybridized carbons (Fsp3) is 0.333. The van der Waals surface area contributed by atoms with Crippen LogP contribution in [0.15, 0.2) is 30.5 Å². The first kappa shape index (κ1) is 11.9. The van der Waals surface area contributed by atoms with Crippen LogP contribution in [0.2, 0.25) is 5.02 Å². The fourth-order valence-corrected chi connectivity index (χ4v) is 1.86. The molecular formula is C12H15ClN4. The molecule has 1 aromatic heterocycles. The molecule has 0 N–H and O–H groups in total. The van der Waals surface area contributed by atoms with Crippen LogP contribution >= 0.6 is 11.6 Å². The van der Waals surface area contributed by atoms with Gasteiger partial charge in [0.15, 0.2) is 5.82 Å². The smallest absolute Gasteiger partial charge is 0.171 e. The van der Waals surface area contributed by atoms with Gasteiger partial charge in [-0.15, -0.1) is 9.90 Å². The van der Waals surface area contributed by atoms with Gasteiger partial charge >= 0.3 is 0 Å². The molecule has 0 spiro atoms. The highest BCUT2D eigenvalue weighted by Gasteiger charge is 2.07. The van der Waals surface area contributed by atoms with Gasteiger partial charge < -0.3 is 4.90 Å². The monoisotopic (exact) mass is 250 g/mol. The molecule has 2 aromatic rings. The zero-order valence-electron chi connectivity index (χ0n) is 9.97. The standard InChI is InChI=1S/C12H15ClN4/c1-3-16(4-2)12-9-14-17(15-12)11-7-5-6-10(13)8-11/h5-9H,3-4H2,1-2H3. The van der Waals surface area contributed by atoms with Crippen molar-refractivity contribution >= 4 is 17.4 Å². The number of hydrogen-bond donors (Lipinski definition) is 0. The van der Waals surface area contributed by atoms with Crippen molar-refractivity contribution in [1.29, 1.82) is 0 Å². The highest BCUT2D eigenvalue weighted by atomic mass is 35.5. The second kappa shape index (κ2) is 5.19. The molecule has 0 saturated heterocycles. The summed E-state index contributed by atoms with van der Waals surface area (Å²) in [5.74, 6) is 0.884. The first-order valence-electron chi connectivity index (χ1n) is 5.67. The first-order chi connectivity index (χ1) is 8.24. The van der Waals surface area contributed by atoms with Crippen molar-refractivity contribution in [1.82, 2.24) is 15.0 Å². The lowest BCUT2D eigenvalue weighted by Gasteiger charge is -2.16. The molecular weight excluding hydrogens is 236 g/mol. The molecule has 0 aliphatic rings. The van der Waals surface area contributed by atoms with E-state index in [1.807, 2.05) is 24.3 Å². The Morgan fingerprint density at radius 3 is 2.71 bits per heavy atom. The van der Waals surface area contributed by atoms with Gasteiger partial charge in [0.1, 0.15) is 0 Å². The van der Waals surface area contributed by atoms with Gasteiger partial charge in [0, 0.05) is 18.1 Å². The van der Waals surface area contributed by atoms with Crippen molar-refractivity contribution in [2.24, 2.45) is 0 Å². The minimum absolute atomic E-state index is 0.684. The van der Waals surface area contributed by atoms with Crippen molar-refractivity contribution in [2.45, 2.75) is 13.8 Å². The maximum atomic E-state index is 5.94. The summed E-state index contributed by atoms with van der Waals surface area (Å²) in [6.45, 7) is 6.04. The third-order valence-electron chi connectivity index (χ3n) is 2.61. The van der Waals surface area contributed by atoms with Gasteiger partial charge in [-0.2, -0.15) is 5.10 Å². The van der Waals surface area contributed by atoms with E-state index in [-0.39, 0.29) is 0 Å². The summed E-state index contributed by atoms with van der Waals surface area (Å²) in [4.78, 5) is 3.74. The normalized spacial score (nSPS) is 10.5. The highest BCUT2D eigenvalue weighted by Crippen LogP contribution is 2.15. The minimum atomic E-state index is 0.684. The minimum Gasteiger partial charge on any atom is -0.354 e. The lowest BCUT2D eigenvalue weighted by atomic mass is 10.3. The zero-order valence-corrected chi connectivity index (χ0v) is 10.7. The maximum absolute atomic E-state index is 5.94. The molecule has 5 heteroatoms. The van der Waals surface area contributed by atoms with Crippen LogP contribution < -0.4 is 4.90 Å². The van der Waals surface area contributed by atoms with E-state index < -0.39 is 0 Å². The van der Waals surface area contributed by atoms with Gasteiger partial charge in [-0.1, -0.05) is 17.7 Å². The molecule has 4 nitrogen and oxygen atoms in total. The van der Waals surface area contributed by atoms with E-state index in [4.69, 9.17) is 11.6 Å². The molecule has 0 saturated carbocycles. The third-order valence-corrected chi connectivity index (χ3v) is 2.84. The SMILES string of the molecule is CCN(CC)c1cnn(-c2cccc(Cl)c2)n1. The molecule has 0 amide bonds. The van der Waals surface area contributed by atoms with Crippen LogP contribution in [0.5, 0.6) is 0 Å². The number of hydrogen-bond acceptors (Lipinski definition) is 3. The summed E-state index contributed by atoms with van der Waals surface area (Å²) in [7, 11) is 0. The second-order valence-electron chi connectivity index (χ2n) is 3.64. The summed E-state index contributed by atoms with van der Waals surface area (Å²) < 4.78 is 0. The summed E-state index contributed by atoms with van der Waals surface area (Å²) >= 11 is 5.94. The molecule has 0 radical (unpaired) electrons. The van der Waals surface area contributed by atoms with Crippen molar-refractivity contribution in [2.75, 3.05) is 18.0 Å².